The van der Waals surface area contributed by atoms with Crippen LogP contribution in [0.15, 0.2) is 0 Å². The molecule has 1 fully saturated rings. The molecule has 1 aliphatic heterocycles. The molecule has 4 heteroatoms. The number of amides is 1. The number of nitrogens with one attached hydrogen (secondary N) is 1. The van der Waals surface area contributed by atoms with Crippen LogP contribution in [0, 0.1) is 5.92 Å². The Bertz CT molecular complexity index is 188. The average molecular weight is 199 g/mol. The van der Waals surface area contributed by atoms with E-state index in [0.717, 1.165) is 25.5 Å². The van der Waals surface area contributed by atoms with Crippen LogP contribution < -0.4 is 5.32 Å². The highest BCUT2D eigenvalue weighted by atomic mass is 16.5. The summed E-state index contributed by atoms with van der Waals surface area (Å²) >= 11 is 0. The molecule has 0 unspecified atom stereocenters. The number of unbranched alkanes of at least 4 members (excludes halogenated alkanes) is 1. The minimum Gasteiger partial charge on any atom is -0.381 e. The van der Waals surface area contributed by atoms with Crippen LogP contribution in [0.4, 0.5) is 0 Å². The van der Waals surface area contributed by atoms with E-state index in [1.165, 1.54) is 0 Å². The SMILES string of the molecule is O=CCCCNC(=O)C1CCOCC1. The van der Waals surface area contributed by atoms with Crippen molar-refractivity contribution in [3.05, 3.63) is 0 Å². The highest BCUT2D eigenvalue weighted by molar-refractivity contribution is 5.78. The number of aldehydes is 1. The van der Waals surface area contributed by atoms with Crippen LogP contribution in [0.1, 0.15) is 25.7 Å². The predicted octanol–water partition coefficient (Wildman–Crippen LogP) is 0.508. The molecule has 4 nitrogen and oxygen atoms in total. The Labute approximate surface area is 84.0 Å². The zero-order valence-electron chi connectivity index (χ0n) is 8.33. The second kappa shape index (κ2) is 6.54. The summed E-state index contributed by atoms with van der Waals surface area (Å²) in [7, 11) is 0. The van der Waals surface area contributed by atoms with Crippen LogP contribution in [0.3, 0.4) is 0 Å². The van der Waals surface area contributed by atoms with E-state index < -0.39 is 0 Å². The van der Waals surface area contributed by atoms with Crippen LogP contribution in [-0.4, -0.2) is 32.0 Å². The van der Waals surface area contributed by atoms with Gasteiger partial charge in [0.2, 0.25) is 5.91 Å². The van der Waals surface area contributed by atoms with Gasteiger partial charge in [0.05, 0.1) is 0 Å². The van der Waals surface area contributed by atoms with Gasteiger partial charge in [0.15, 0.2) is 0 Å². The topological polar surface area (TPSA) is 55.4 Å². The zero-order valence-corrected chi connectivity index (χ0v) is 8.33. The van der Waals surface area contributed by atoms with E-state index in [9.17, 15) is 9.59 Å². The van der Waals surface area contributed by atoms with Gasteiger partial charge in [0.25, 0.3) is 0 Å². The number of carbonyl (C=O) groups is 2. The zero-order chi connectivity index (χ0) is 10.2. The van der Waals surface area contributed by atoms with Crippen molar-refractivity contribution in [2.45, 2.75) is 25.7 Å². The van der Waals surface area contributed by atoms with Crippen molar-refractivity contribution in [3.8, 4) is 0 Å². The fourth-order valence-electron chi connectivity index (χ4n) is 1.50. The first-order valence-electron chi connectivity index (χ1n) is 5.13. The van der Waals surface area contributed by atoms with Crippen molar-refractivity contribution in [1.82, 2.24) is 5.32 Å². The summed E-state index contributed by atoms with van der Waals surface area (Å²) in [5, 5.41) is 2.83. The van der Waals surface area contributed by atoms with E-state index >= 15 is 0 Å². The van der Waals surface area contributed by atoms with Gasteiger partial charge in [-0.1, -0.05) is 0 Å². The molecule has 80 valence electrons. The Kier molecular flexibility index (Phi) is 5.22. The Morgan fingerprint density at radius 1 is 1.43 bits per heavy atom. The Morgan fingerprint density at radius 3 is 2.79 bits per heavy atom. The van der Waals surface area contributed by atoms with Crippen molar-refractivity contribution in [2.24, 2.45) is 5.92 Å². The molecular weight excluding hydrogens is 182 g/mol. The Hall–Kier alpha value is -0.900. The molecule has 1 N–H and O–H groups in total. The van der Waals surface area contributed by atoms with E-state index in [2.05, 4.69) is 5.32 Å². The number of hydrogen-bond acceptors (Lipinski definition) is 3. The number of carbonyl (C=O) groups excluding carboxylic acids is 2. The summed E-state index contributed by atoms with van der Waals surface area (Å²) < 4.78 is 5.17. The first kappa shape index (κ1) is 11.2. The third-order valence-electron chi connectivity index (χ3n) is 2.39. The quantitative estimate of drug-likeness (QED) is 0.518. The molecule has 0 radical (unpaired) electrons. The average Bonchev–Trinajstić information content (AvgIpc) is 2.25. The smallest absolute Gasteiger partial charge is 0.223 e. The van der Waals surface area contributed by atoms with E-state index in [0.29, 0.717) is 26.2 Å². The van der Waals surface area contributed by atoms with Gasteiger partial charge in [-0.05, 0) is 19.3 Å². The fraction of sp³-hybridized carbons (Fsp3) is 0.800. The highest BCUT2D eigenvalue weighted by Gasteiger charge is 2.20. The molecule has 0 bridgehead atoms. The molecule has 1 aliphatic rings. The maximum absolute atomic E-state index is 11.5. The summed E-state index contributed by atoms with van der Waals surface area (Å²) in [6, 6.07) is 0. The molecule has 1 amide bonds. The minimum atomic E-state index is 0.110. The molecule has 0 aromatic heterocycles. The van der Waals surface area contributed by atoms with Crippen LogP contribution in [0.5, 0.6) is 0 Å². The van der Waals surface area contributed by atoms with Crippen molar-refractivity contribution in [3.63, 3.8) is 0 Å². The lowest BCUT2D eigenvalue weighted by Gasteiger charge is -2.21. The summed E-state index contributed by atoms with van der Waals surface area (Å²) in [5.74, 6) is 0.221. The molecule has 1 saturated heterocycles. The van der Waals surface area contributed by atoms with Gasteiger partial charge >= 0.3 is 0 Å². The third-order valence-corrected chi connectivity index (χ3v) is 2.39. The number of hydrogen-bond donors (Lipinski definition) is 1. The summed E-state index contributed by atoms with van der Waals surface area (Å²) in [5.41, 5.74) is 0. The predicted molar refractivity (Wildman–Crippen MR) is 51.9 cm³/mol. The van der Waals surface area contributed by atoms with Gasteiger partial charge in [-0.15, -0.1) is 0 Å². The second-order valence-corrected chi connectivity index (χ2v) is 3.49. The lowest BCUT2D eigenvalue weighted by atomic mass is 9.99. The van der Waals surface area contributed by atoms with Gasteiger partial charge < -0.3 is 14.8 Å². The van der Waals surface area contributed by atoms with Gasteiger partial charge in [0, 0.05) is 32.1 Å². The molecule has 1 rings (SSSR count). The number of rotatable bonds is 5. The second-order valence-electron chi connectivity index (χ2n) is 3.49. The van der Waals surface area contributed by atoms with E-state index in [4.69, 9.17) is 4.74 Å². The summed E-state index contributed by atoms with van der Waals surface area (Å²) in [6.45, 7) is 1.98. The van der Waals surface area contributed by atoms with Gasteiger partial charge in [-0.3, -0.25) is 4.79 Å². The van der Waals surface area contributed by atoms with Crippen molar-refractivity contribution in [1.29, 1.82) is 0 Å². The van der Waals surface area contributed by atoms with E-state index in [1.807, 2.05) is 0 Å². The normalized spacial score (nSPS) is 17.7. The molecular formula is C10H17NO3. The first-order chi connectivity index (χ1) is 6.84. The fourth-order valence-corrected chi connectivity index (χ4v) is 1.50. The van der Waals surface area contributed by atoms with Crippen LogP contribution >= 0.6 is 0 Å². The molecule has 0 aromatic carbocycles. The molecule has 14 heavy (non-hydrogen) atoms. The molecule has 0 saturated carbocycles. The van der Waals surface area contributed by atoms with Crippen molar-refractivity contribution < 1.29 is 14.3 Å². The highest BCUT2D eigenvalue weighted by Crippen LogP contribution is 2.14. The molecule has 0 spiro atoms. The molecule has 0 aromatic rings. The van der Waals surface area contributed by atoms with E-state index in [-0.39, 0.29) is 11.8 Å². The van der Waals surface area contributed by atoms with Gasteiger partial charge in [-0.2, -0.15) is 0 Å². The van der Waals surface area contributed by atoms with Crippen LogP contribution in [0.2, 0.25) is 0 Å². The summed E-state index contributed by atoms with van der Waals surface area (Å²) in [4.78, 5) is 21.5. The summed E-state index contributed by atoms with van der Waals surface area (Å²) in [6.07, 6.45) is 3.77. The lowest BCUT2D eigenvalue weighted by molar-refractivity contribution is -0.127. The monoisotopic (exact) mass is 199 g/mol. The minimum absolute atomic E-state index is 0.110. The largest absolute Gasteiger partial charge is 0.381 e. The third kappa shape index (κ3) is 3.87. The first-order valence-corrected chi connectivity index (χ1v) is 5.13. The Balaban J connectivity index is 2.10. The van der Waals surface area contributed by atoms with E-state index in [1.54, 1.807) is 0 Å². The lowest BCUT2D eigenvalue weighted by Crippen LogP contribution is -2.34. The van der Waals surface area contributed by atoms with Crippen molar-refractivity contribution >= 4 is 12.2 Å². The molecule has 0 atom stereocenters. The Morgan fingerprint density at radius 2 is 2.14 bits per heavy atom. The van der Waals surface area contributed by atoms with Gasteiger partial charge in [0.1, 0.15) is 6.29 Å². The van der Waals surface area contributed by atoms with Gasteiger partial charge in [-0.25, -0.2) is 0 Å². The van der Waals surface area contributed by atoms with Crippen LogP contribution in [0.25, 0.3) is 0 Å². The molecule has 1 heterocycles. The standard InChI is InChI=1S/C10H17NO3/c12-6-2-1-5-11-10(13)9-3-7-14-8-4-9/h6,9H,1-5,7-8H2,(H,11,13). The van der Waals surface area contributed by atoms with Crippen LogP contribution in [-0.2, 0) is 14.3 Å². The maximum atomic E-state index is 11.5. The maximum Gasteiger partial charge on any atom is 0.223 e. The number of ether oxygens (including phenoxy) is 1. The van der Waals surface area contributed by atoms with Crippen molar-refractivity contribution in [2.75, 3.05) is 19.8 Å². The molecule has 0 aliphatic carbocycles.